The first-order valence-electron chi connectivity index (χ1n) is 5.17. The van der Waals surface area contributed by atoms with Crippen molar-refractivity contribution in [2.24, 2.45) is 0 Å². The monoisotopic (exact) mass is 265 g/mol. The number of phenols is 1. The second-order valence-electron chi connectivity index (χ2n) is 3.31. The highest BCUT2D eigenvalue weighted by Crippen LogP contribution is 2.15. The van der Waals surface area contributed by atoms with Gasteiger partial charge < -0.3 is 15.7 Å². The van der Waals surface area contributed by atoms with Crippen LogP contribution in [0.4, 0.5) is 5.69 Å². The summed E-state index contributed by atoms with van der Waals surface area (Å²) >= 11 is 5.42. The van der Waals surface area contributed by atoms with Crippen LogP contribution in [0.25, 0.3) is 0 Å². The van der Waals surface area contributed by atoms with Crippen LogP contribution in [-0.4, -0.2) is 23.4 Å². The van der Waals surface area contributed by atoms with Crippen LogP contribution in [-0.2, 0) is 4.79 Å². The van der Waals surface area contributed by atoms with E-state index in [1.54, 1.807) is 18.2 Å². The zero-order valence-corrected chi connectivity index (χ0v) is 10.2. The topological polar surface area (TPSA) is 85.2 Å². The predicted molar refractivity (Wildman–Crippen MR) is 69.2 cm³/mol. The summed E-state index contributed by atoms with van der Waals surface area (Å²) in [6.45, 7) is 0.297. The summed E-state index contributed by atoms with van der Waals surface area (Å²) in [6, 6.07) is 8.11. The minimum atomic E-state index is -0.495. The zero-order chi connectivity index (χ0) is 13.4. The standard InChI is InChI=1S/C12H12ClN3O2/c13-4-5-15-12(18)9(7-14)8-16-10-2-1-3-11(17)6-10/h1-3,6,8,16-17H,4-5H2,(H,15,18)/b9-8-. The second kappa shape index (κ2) is 7.20. The summed E-state index contributed by atoms with van der Waals surface area (Å²) in [7, 11) is 0. The first-order valence-corrected chi connectivity index (χ1v) is 5.71. The summed E-state index contributed by atoms with van der Waals surface area (Å²) in [5.74, 6) is -0.117. The Hall–Kier alpha value is -2.19. The highest BCUT2D eigenvalue weighted by molar-refractivity contribution is 6.18. The molecule has 0 bridgehead atoms. The van der Waals surface area contributed by atoms with Crippen molar-refractivity contribution in [3.63, 3.8) is 0 Å². The molecule has 0 radical (unpaired) electrons. The van der Waals surface area contributed by atoms with Crippen LogP contribution in [0.1, 0.15) is 0 Å². The Morgan fingerprint density at radius 1 is 1.56 bits per heavy atom. The molecule has 0 aliphatic carbocycles. The molecule has 0 saturated heterocycles. The highest BCUT2D eigenvalue weighted by Gasteiger charge is 2.07. The fourth-order valence-electron chi connectivity index (χ4n) is 1.16. The molecule has 0 fully saturated rings. The van der Waals surface area contributed by atoms with Gasteiger partial charge in [0.25, 0.3) is 5.91 Å². The number of benzene rings is 1. The van der Waals surface area contributed by atoms with Gasteiger partial charge in [0, 0.05) is 30.4 Å². The lowest BCUT2D eigenvalue weighted by molar-refractivity contribution is -0.117. The summed E-state index contributed by atoms with van der Waals surface area (Å²) in [5, 5.41) is 23.3. The van der Waals surface area contributed by atoms with Gasteiger partial charge in [-0.05, 0) is 12.1 Å². The number of alkyl halides is 1. The molecule has 0 aromatic heterocycles. The van der Waals surface area contributed by atoms with Gasteiger partial charge in [-0.2, -0.15) is 5.26 Å². The van der Waals surface area contributed by atoms with Gasteiger partial charge in [0.1, 0.15) is 17.4 Å². The molecular formula is C12H12ClN3O2. The molecule has 3 N–H and O–H groups in total. The Kier molecular flexibility index (Phi) is 5.55. The van der Waals surface area contributed by atoms with E-state index in [0.717, 1.165) is 0 Å². The predicted octanol–water partition coefficient (Wildman–Crippen LogP) is 1.57. The van der Waals surface area contributed by atoms with Crippen molar-refractivity contribution in [3.05, 3.63) is 36.0 Å². The summed E-state index contributed by atoms with van der Waals surface area (Å²) < 4.78 is 0. The number of amides is 1. The number of rotatable bonds is 5. The molecule has 1 rings (SSSR count). The van der Waals surface area contributed by atoms with E-state index in [1.807, 2.05) is 0 Å². The van der Waals surface area contributed by atoms with E-state index in [4.69, 9.17) is 16.9 Å². The van der Waals surface area contributed by atoms with Crippen LogP contribution in [0.15, 0.2) is 36.0 Å². The van der Waals surface area contributed by atoms with Gasteiger partial charge in [0.2, 0.25) is 0 Å². The number of nitrogens with zero attached hydrogens (tertiary/aromatic N) is 1. The number of carbonyl (C=O) groups is 1. The van der Waals surface area contributed by atoms with Gasteiger partial charge in [-0.3, -0.25) is 4.79 Å². The third kappa shape index (κ3) is 4.36. The Bertz CT molecular complexity index is 494. The van der Waals surface area contributed by atoms with Crippen LogP contribution in [0.3, 0.4) is 0 Å². The number of hydrogen-bond acceptors (Lipinski definition) is 4. The Morgan fingerprint density at radius 3 is 2.94 bits per heavy atom. The average molecular weight is 266 g/mol. The molecule has 0 unspecified atom stereocenters. The first-order chi connectivity index (χ1) is 8.67. The van der Waals surface area contributed by atoms with Crippen LogP contribution in [0.2, 0.25) is 0 Å². The maximum absolute atomic E-state index is 11.5. The third-order valence-corrected chi connectivity index (χ3v) is 2.16. The number of nitrogens with one attached hydrogen (secondary N) is 2. The number of phenolic OH excluding ortho intramolecular Hbond substituents is 1. The minimum Gasteiger partial charge on any atom is -0.508 e. The molecule has 5 nitrogen and oxygen atoms in total. The number of carbonyl (C=O) groups excluding carboxylic acids is 1. The summed E-state index contributed by atoms with van der Waals surface area (Å²) in [5.41, 5.74) is 0.511. The molecule has 0 heterocycles. The first kappa shape index (κ1) is 13.9. The van der Waals surface area contributed by atoms with E-state index >= 15 is 0 Å². The number of aromatic hydroxyl groups is 1. The normalized spacial score (nSPS) is 10.6. The average Bonchev–Trinajstić information content (AvgIpc) is 2.37. The molecule has 0 aliphatic heterocycles. The molecule has 0 aliphatic rings. The van der Waals surface area contributed by atoms with Gasteiger partial charge in [-0.15, -0.1) is 11.6 Å². The van der Waals surface area contributed by atoms with Crippen molar-refractivity contribution in [3.8, 4) is 11.8 Å². The van der Waals surface area contributed by atoms with Gasteiger partial charge in [-0.25, -0.2) is 0 Å². The van der Waals surface area contributed by atoms with Crippen molar-refractivity contribution in [2.75, 3.05) is 17.7 Å². The number of anilines is 1. The molecule has 0 saturated carbocycles. The molecule has 1 amide bonds. The van der Waals surface area contributed by atoms with E-state index < -0.39 is 5.91 Å². The van der Waals surface area contributed by atoms with Gasteiger partial charge in [-0.1, -0.05) is 6.07 Å². The fraction of sp³-hybridized carbons (Fsp3) is 0.167. The van der Waals surface area contributed by atoms with Crippen LogP contribution < -0.4 is 10.6 Å². The third-order valence-electron chi connectivity index (χ3n) is 1.97. The maximum Gasteiger partial charge on any atom is 0.263 e. The molecule has 18 heavy (non-hydrogen) atoms. The summed E-state index contributed by atoms with van der Waals surface area (Å²) in [6.07, 6.45) is 1.28. The fourth-order valence-corrected chi connectivity index (χ4v) is 1.25. The van der Waals surface area contributed by atoms with Crippen molar-refractivity contribution < 1.29 is 9.90 Å². The van der Waals surface area contributed by atoms with Gasteiger partial charge in [0.05, 0.1) is 0 Å². The van der Waals surface area contributed by atoms with Crippen molar-refractivity contribution in [1.82, 2.24) is 5.32 Å². The van der Waals surface area contributed by atoms with Gasteiger partial charge >= 0.3 is 0 Å². The van der Waals surface area contributed by atoms with E-state index in [2.05, 4.69) is 10.6 Å². The lowest BCUT2D eigenvalue weighted by Gasteiger charge is -2.03. The second-order valence-corrected chi connectivity index (χ2v) is 3.69. The zero-order valence-electron chi connectivity index (χ0n) is 9.48. The van der Waals surface area contributed by atoms with Crippen LogP contribution in [0, 0.1) is 11.3 Å². The van der Waals surface area contributed by atoms with Gasteiger partial charge in [0.15, 0.2) is 0 Å². The number of halogens is 1. The van der Waals surface area contributed by atoms with Crippen molar-refractivity contribution in [1.29, 1.82) is 5.26 Å². The minimum absolute atomic E-state index is 0.0662. The molecule has 0 atom stereocenters. The lowest BCUT2D eigenvalue weighted by Crippen LogP contribution is -2.26. The van der Waals surface area contributed by atoms with E-state index in [1.165, 1.54) is 18.3 Å². The van der Waals surface area contributed by atoms with Crippen LogP contribution >= 0.6 is 11.6 Å². The molecule has 1 aromatic carbocycles. The Balaban J connectivity index is 2.69. The molecular weight excluding hydrogens is 254 g/mol. The molecule has 94 valence electrons. The van der Waals surface area contributed by atoms with Crippen molar-refractivity contribution in [2.45, 2.75) is 0 Å². The molecule has 6 heteroatoms. The smallest absolute Gasteiger partial charge is 0.263 e. The van der Waals surface area contributed by atoms with Crippen LogP contribution in [0.5, 0.6) is 5.75 Å². The molecule has 0 spiro atoms. The van der Waals surface area contributed by atoms with E-state index in [0.29, 0.717) is 12.2 Å². The number of hydrogen-bond donors (Lipinski definition) is 3. The largest absolute Gasteiger partial charge is 0.508 e. The Labute approximate surface area is 110 Å². The summed E-state index contributed by atoms with van der Waals surface area (Å²) in [4.78, 5) is 11.5. The maximum atomic E-state index is 11.5. The van der Waals surface area contributed by atoms with Crippen molar-refractivity contribution >= 4 is 23.2 Å². The number of nitriles is 1. The quantitative estimate of drug-likeness (QED) is 0.429. The van der Waals surface area contributed by atoms with E-state index in [-0.39, 0.29) is 17.2 Å². The Morgan fingerprint density at radius 2 is 2.33 bits per heavy atom. The SMILES string of the molecule is N#C/C(=C/Nc1cccc(O)c1)C(=O)NCCCl. The molecule has 1 aromatic rings. The highest BCUT2D eigenvalue weighted by atomic mass is 35.5. The van der Waals surface area contributed by atoms with E-state index in [9.17, 15) is 9.90 Å². The lowest BCUT2D eigenvalue weighted by atomic mass is 10.2.